The number of ether oxygens (including phenoxy) is 2. The number of rotatable bonds is 6. The summed E-state index contributed by atoms with van der Waals surface area (Å²) in [4.78, 5) is 11.2. The van der Waals surface area contributed by atoms with E-state index in [2.05, 4.69) is 14.9 Å². The van der Waals surface area contributed by atoms with Crippen molar-refractivity contribution >= 4 is 11.0 Å². The Kier molecular flexibility index (Phi) is 4.70. The molecule has 1 saturated heterocycles. The van der Waals surface area contributed by atoms with E-state index in [4.69, 9.17) is 15.2 Å². The summed E-state index contributed by atoms with van der Waals surface area (Å²) in [7, 11) is 1.64. The second-order valence-electron chi connectivity index (χ2n) is 5.61. The predicted octanol–water partition coefficient (Wildman–Crippen LogP) is 1.44. The molecule has 1 fully saturated rings. The van der Waals surface area contributed by atoms with Crippen molar-refractivity contribution in [3.8, 4) is 11.6 Å². The zero-order valence-electron chi connectivity index (χ0n) is 12.9. The third-order valence-electron chi connectivity index (χ3n) is 3.90. The molecule has 6 nitrogen and oxygen atoms in total. The first-order chi connectivity index (χ1) is 10.7. The Morgan fingerprint density at radius 2 is 2.27 bits per heavy atom. The lowest BCUT2D eigenvalue weighted by molar-refractivity contribution is 0.256. The molecule has 118 valence electrons. The van der Waals surface area contributed by atoms with E-state index in [1.54, 1.807) is 13.3 Å². The average Bonchev–Trinajstić information content (AvgIpc) is 2.96. The molecule has 1 atom stereocenters. The third kappa shape index (κ3) is 3.64. The molecule has 0 saturated carbocycles. The van der Waals surface area contributed by atoms with Gasteiger partial charge in [-0.15, -0.1) is 0 Å². The topological polar surface area (TPSA) is 73.5 Å². The molecule has 1 aliphatic rings. The second kappa shape index (κ2) is 6.89. The molecule has 2 N–H and O–H groups in total. The molecule has 0 radical (unpaired) electrons. The summed E-state index contributed by atoms with van der Waals surface area (Å²) in [5.74, 6) is 1.32. The van der Waals surface area contributed by atoms with Gasteiger partial charge in [-0.2, -0.15) is 0 Å². The maximum atomic E-state index is 5.90. The standard InChI is InChI=1S/C16H22N4O2/c1-21-13-3-4-14-15(9-13)19-16(10-18-14)22-8-2-6-20-7-5-12(17)11-20/h3-4,9-10,12H,2,5-8,11,17H2,1H3. The van der Waals surface area contributed by atoms with Gasteiger partial charge in [-0.1, -0.05) is 0 Å². The summed E-state index contributed by atoms with van der Waals surface area (Å²) in [5.41, 5.74) is 7.51. The summed E-state index contributed by atoms with van der Waals surface area (Å²) in [5, 5.41) is 0. The maximum absolute atomic E-state index is 5.90. The Bertz CT molecular complexity index is 635. The number of fused-ring (bicyclic) bond motifs is 1. The van der Waals surface area contributed by atoms with Crippen LogP contribution in [0.1, 0.15) is 12.8 Å². The van der Waals surface area contributed by atoms with Crippen LogP contribution >= 0.6 is 0 Å². The number of methoxy groups -OCH3 is 1. The van der Waals surface area contributed by atoms with E-state index in [0.29, 0.717) is 18.5 Å². The predicted molar refractivity (Wildman–Crippen MR) is 85.2 cm³/mol. The number of benzene rings is 1. The van der Waals surface area contributed by atoms with Crippen molar-refractivity contribution < 1.29 is 9.47 Å². The van der Waals surface area contributed by atoms with Crippen LogP contribution in [0.5, 0.6) is 11.6 Å². The largest absolute Gasteiger partial charge is 0.497 e. The minimum absolute atomic E-state index is 0.335. The molecular formula is C16H22N4O2. The highest BCUT2D eigenvalue weighted by atomic mass is 16.5. The summed E-state index contributed by atoms with van der Waals surface area (Å²) >= 11 is 0. The molecular weight excluding hydrogens is 280 g/mol. The first-order valence-electron chi connectivity index (χ1n) is 7.66. The lowest BCUT2D eigenvalue weighted by Gasteiger charge is -2.14. The first-order valence-corrected chi connectivity index (χ1v) is 7.66. The van der Waals surface area contributed by atoms with Crippen LogP contribution in [-0.2, 0) is 0 Å². The molecule has 0 bridgehead atoms. The number of nitrogens with zero attached hydrogens (tertiary/aromatic N) is 3. The van der Waals surface area contributed by atoms with Crippen LogP contribution in [0, 0.1) is 0 Å². The van der Waals surface area contributed by atoms with Crippen molar-refractivity contribution in [2.45, 2.75) is 18.9 Å². The Labute approximate surface area is 130 Å². The molecule has 2 heterocycles. The highest BCUT2D eigenvalue weighted by Gasteiger charge is 2.17. The van der Waals surface area contributed by atoms with Crippen LogP contribution in [0.25, 0.3) is 11.0 Å². The van der Waals surface area contributed by atoms with E-state index in [-0.39, 0.29) is 0 Å². The normalized spacial score (nSPS) is 18.7. The molecule has 0 aliphatic carbocycles. The molecule has 0 spiro atoms. The molecule has 1 aliphatic heterocycles. The minimum atomic E-state index is 0.335. The summed E-state index contributed by atoms with van der Waals surface area (Å²) in [6.07, 6.45) is 3.73. The smallest absolute Gasteiger partial charge is 0.232 e. The zero-order chi connectivity index (χ0) is 15.4. The van der Waals surface area contributed by atoms with Gasteiger partial charge in [0.05, 0.1) is 30.9 Å². The van der Waals surface area contributed by atoms with Gasteiger partial charge in [0.25, 0.3) is 0 Å². The zero-order valence-corrected chi connectivity index (χ0v) is 12.9. The minimum Gasteiger partial charge on any atom is -0.497 e. The van der Waals surface area contributed by atoms with Crippen LogP contribution in [0.3, 0.4) is 0 Å². The Morgan fingerprint density at radius 3 is 3.05 bits per heavy atom. The van der Waals surface area contributed by atoms with Gasteiger partial charge in [0, 0.05) is 25.2 Å². The summed E-state index contributed by atoms with van der Waals surface area (Å²) in [6, 6.07) is 5.96. The Hall–Kier alpha value is -1.92. The Balaban J connectivity index is 1.52. The van der Waals surface area contributed by atoms with Crippen molar-refractivity contribution in [3.05, 3.63) is 24.4 Å². The van der Waals surface area contributed by atoms with Gasteiger partial charge in [-0.3, -0.25) is 0 Å². The molecule has 2 aromatic rings. The lowest BCUT2D eigenvalue weighted by Crippen LogP contribution is -2.28. The number of aromatic nitrogens is 2. The molecule has 22 heavy (non-hydrogen) atoms. The molecule has 1 aromatic heterocycles. The lowest BCUT2D eigenvalue weighted by atomic mass is 10.3. The molecule has 1 aromatic carbocycles. The van der Waals surface area contributed by atoms with Crippen molar-refractivity contribution in [2.24, 2.45) is 5.73 Å². The summed E-state index contributed by atoms with van der Waals surface area (Å²) < 4.78 is 10.9. The molecule has 6 heteroatoms. The van der Waals surface area contributed by atoms with Crippen molar-refractivity contribution in [1.82, 2.24) is 14.9 Å². The number of hydrogen-bond acceptors (Lipinski definition) is 6. The summed E-state index contributed by atoms with van der Waals surface area (Å²) in [6.45, 7) is 3.74. The molecule has 1 unspecified atom stereocenters. The second-order valence-corrected chi connectivity index (χ2v) is 5.61. The number of nitrogens with two attached hydrogens (primary N) is 1. The van der Waals surface area contributed by atoms with E-state index >= 15 is 0 Å². The monoisotopic (exact) mass is 302 g/mol. The quantitative estimate of drug-likeness (QED) is 0.814. The van der Waals surface area contributed by atoms with Crippen molar-refractivity contribution in [3.63, 3.8) is 0 Å². The highest BCUT2D eigenvalue weighted by Crippen LogP contribution is 2.19. The fourth-order valence-electron chi connectivity index (χ4n) is 2.70. The van der Waals surface area contributed by atoms with Crippen LogP contribution < -0.4 is 15.2 Å². The van der Waals surface area contributed by atoms with E-state index in [9.17, 15) is 0 Å². The van der Waals surface area contributed by atoms with Gasteiger partial charge < -0.3 is 20.1 Å². The first kappa shape index (κ1) is 15.0. The third-order valence-corrected chi connectivity index (χ3v) is 3.90. The SMILES string of the molecule is COc1ccc2ncc(OCCCN3CCC(N)C3)nc2c1. The van der Waals surface area contributed by atoms with Crippen molar-refractivity contribution in [1.29, 1.82) is 0 Å². The van der Waals surface area contributed by atoms with E-state index in [1.165, 1.54) is 0 Å². The van der Waals surface area contributed by atoms with Crippen LogP contribution in [-0.4, -0.2) is 54.3 Å². The van der Waals surface area contributed by atoms with Crippen LogP contribution in [0.4, 0.5) is 0 Å². The fourth-order valence-corrected chi connectivity index (χ4v) is 2.70. The van der Waals surface area contributed by atoms with Gasteiger partial charge in [0.15, 0.2) is 0 Å². The van der Waals surface area contributed by atoms with Gasteiger partial charge in [-0.05, 0) is 31.5 Å². The van der Waals surface area contributed by atoms with Gasteiger partial charge in [0.1, 0.15) is 5.75 Å². The Morgan fingerprint density at radius 1 is 1.36 bits per heavy atom. The maximum Gasteiger partial charge on any atom is 0.232 e. The highest BCUT2D eigenvalue weighted by molar-refractivity contribution is 5.76. The van der Waals surface area contributed by atoms with Crippen molar-refractivity contribution in [2.75, 3.05) is 33.4 Å². The van der Waals surface area contributed by atoms with E-state index < -0.39 is 0 Å². The average molecular weight is 302 g/mol. The van der Waals surface area contributed by atoms with Crippen LogP contribution in [0.15, 0.2) is 24.4 Å². The van der Waals surface area contributed by atoms with E-state index in [0.717, 1.165) is 49.3 Å². The van der Waals surface area contributed by atoms with Gasteiger partial charge in [-0.25, -0.2) is 9.97 Å². The number of hydrogen-bond donors (Lipinski definition) is 1. The molecule has 3 rings (SSSR count). The molecule has 0 amide bonds. The van der Waals surface area contributed by atoms with Gasteiger partial charge in [0.2, 0.25) is 5.88 Å². The van der Waals surface area contributed by atoms with Gasteiger partial charge >= 0.3 is 0 Å². The van der Waals surface area contributed by atoms with E-state index in [1.807, 2.05) is 18.2 Å². The number of likely N-dealkylation sites (tertiary alicyclic amines) is 1. The van der Waals surface area contributed by atoms with Crippen LogP contribution in [0.2, 0.25) is 0 Å². The fraction of sp³-hybridized carbons (Fsp3) is 0.500.